The average molecular weight is 254 g/mol. The molecule has 0 aromatic carbocycles. The molecule has 0 aliphatic rings. The summed E-state index contributed by atoms with van der Waals surface area (Å²) in [6, 6.07) is 0. The van der Waals surface area contributed by atoms with Gasteiger partial charge in [0.25, 0.3) is 0 Å². The van der Waals surface area contributed by atoms with Crippen LogP contribution in [0.4, 0.5) is 0 Å². The first-order chi connectivity index (χ1) is 8.81. The molecule has 0 saturated heterocycles. The topological polar surface area (TPSA) is 26.3 Å². The Labute approximate surface area is 113 Å². The summed E-state index contributed by atoms with van der Waals surface area (Å²) in [6.07, 6.45) is 15.5. The van der Waals surface area contributed by atoms with Crippen molar-refractivity contribution in [2.24, 2.45) is 0 Å². The van der Waals surface area contributed by atoms with Crippen molar-refractivity contribution in [1.82, 2.24) is 0 Å². The maximum Gasteiger partial charge on any atom is 0.305 e. The molecule has 2 nitrogen and oxygen atoms in total. The molecule has 0 heterocycles. The van der Waals surface area contributed by atoms with Gasteiger partial charge in [0.2, 0.25) is 0 Å². The lowest BCUT2D eigenvalue weighted by atomic mass is 10.1. The highest BCUT2D eigenvalue weighted by Crippen LogP contribution is 2.09. The Balaban J connectivity index is 3.12. The highest BCUT2D eigenvalue weighted by Gasteiger charge is 2.01. The second kappa shape index (κ2) is 14.3. The smallest absolute Gasteiger partial charge is 0.305 e. The number of unbranched alkanes of at least 4 members (excludes halogenated alkanes) is 7. The van der Waals surface area contributed by atoms with Crippen LogP contribution in [0.15, 0.2) is 12.2 Å². The zero-order chi connectivity index (χ0) is 13.5. The van der Waals surface area contributed by atoms with Crippen molar-refractivity contribution in [2.45, 2.75) is 78.1 Å². The van der Waals surface area contributed by atoms with Crippen molar-refractivity contribution < 1.29 is 9.53 Å². The van der Waals surface area contributed by atoms with Gasteiger partial charge in [0.15, 0.2) is 0 Å². The molecule has 0 atom stereocenters. The van der Waals surface area contributed by atoms with Crippen LogP contribution in [-0.4, -0.2) is 12.6 Å². The van der Waals surface area contributed by atoms with E-state index in [1.54, 1.807) is 0 Å². The second-order valence-corrected chi connectivity index (χ2v) is 4.80. The first-order valence-electron chi connectivity index (χ1n) is 7.58. The molecule has 0 rings (SSSR count). The van der Waals surface area contributed by atoms with Crippen LogP contribution < -0.4 is 0 Å². The monoisotopic (exact) mass is 254 g/mol. The number of hydrogen-bond acceptors (Lipinski definition) is 2. The number of hydrogen-bond donors (Lipinski definition) is 0. The number of ether oxygens (including phenoxy) is 1. The van der Waals surface area contributed by atoms with Gasteiger partial charge in [-0.25, -0.2) is 0 Å². The Morgan fingerprint density at radius 2 is 1.67 bits per heavy atom. The van der Waals surface area contributed by atoms with E-state index in [9.17, 15) is 4.79 Å². The zero-order valence-electron chi connectivity index (χ0n) is 12.2. The van der Waals surface area contributed by atoms with Gasteiger partial charge >= 0.3 is 5.97 Å². The molecule has 0 aliphatic heterocycles. The number of esters is 1. The van der Waals surface area contributed by atoms with E-state index in [-0.39, 0.29) is 5.97 Å². The van der Waals surface area contributed by atoms with E-state index in [2.05, 4.69) is 26.0 Å². The molecule has 0 spiro atoms. The van der Waals surface area contributed by atoms with Crippen LogP contribution >= 0.6 is 0 Å². The molecule has 0 aromatic rings. The highest BCUT2D eigenvalue weighted by molar-refractivity contribution is 5.69. The third-order valence-electron chi connectivity index (χ3n) is 3.00. The molecule has 0 saturated carbocycles. The van der Waals surface area contributed by atoms with Crippen molar-refractivity contribution in [3.05, 3.63) is 12.2 Å². The summed E-state index contributed by atoms with van der Waals surface area (Å²) in [5.41, 5.74) is 0. The maximum atomic E-state index is 11.3. The van der Waals surface area contributed by atoms with Gasteiger partial charge in [-0.1, -0.05) is 51.2 Å². The second-order valence-electron chi connectivity index (χ2n) is 4.80. The van der Waals surface area contributed by atoms with Gasteiger partial charge in [-0.3, -0.25) is 4.79 Å². The molecular formula is C16H30O2. The van der Waals surface area contributed by atoms with Crippen molar-refractivity contribution >= 4 is 5.97 Å². The molecule has 0 N–H and O–H groups in total. The van der Waals surface area contributed by atoms with Crippen molar-refractivity contribution in [1.29, 1.82) is 0 Å². The molecule has 106 valence electrons. The fourth-order valence-electron chi connectivity index (χ4n) is 1.81. The van der Waals surface area contributed by atoms with Crippen molar-refractivity contribution in [3.63, 3.8) is 0 Å². The Morgan fingerprint density at radius 1 is 1.00 bits per heavy atom. The molecular weight excluding hydrogens is 224 g/mol. The number of allylic oxidation sites excluding steroid dienone is 2. The van der Waals surface area contributed by atoms with Gasteiger partial charge in [0, 0.05) is 6.42 Å². The number of carbonyl (C=O) groups excluding carboxylic acids is 1. The van der Waals surface area contributed by atoms with Crippen LogP contribution in [0.1, 0.15) is 78.1 Å². The lowest BCUT2D eigenvalue weighted by Crippen LogP contribution is -2.05. The summed E-state index contributed by atoms with van der Waals surface area (Å²) >= 11 is 0. The SMILES string of the molecule is CC=CCCCCCCCCC(=O)OCCCC. The molecule has 0 fully saturated rings. The fourth-order valence-corrected chi connectivity index (χ4v) is 1.81. The third-order valence-corrected chi connectivity index (χ3v) is 3.00. The largest absolute Gasteiger partial charge is 0.466 e. The molecule has 0 radical (unpaired) electrons. The van der Waals surface area contributed by atoms with Crippen LogP contribution in [0.5, 0.6) is 0 Å². The predicted octanol–water partition coefficient (Wildman–Crippen LogP) is 5.03. The summed E-state index contributed by atoms with van der Waals surface area (Å²) in [6.45, 7) is 4.77. The van der Waals surface area contributed by atoms with Crippen LogP contribution in [0.25, 0.3) is 0 Å². The van der Waals surface area contributed by atoms with Crippen LogP contribution in [0.3, 0.4) is 0 Å². The van der Waals surface area contributed by atoms with Gasteiger partial charge in [-0.05, 0) is 32.6 Å². The van der Waals surface area contributed by atoms with Gasteiger partial charge < -0.3 is 4.74 Å². The molecule has 0 aromatic heterocycles. The Bertz CT molecular complexity index is 209. The summed E-state index contributed by atoms with van der Waals surface area (Å²) < 4.78 is 5.11. The fraction of sp³-hybridized carbons (Fsp3) is 0.812. The average Bonchev–Trinajstić information content (AvgIpc) is 2.37. The molecule has 0 amide bonds. The Hall–Kier alpha value is -0.790. The van der Waals surface area contributed by atoms with E-state index in [1.807, 2.05) is 0 Å². The van der Waals surface area contributed by atoms with Crippen molar-refractivity contribution in [2.75, 3.05) is 6.61 Å². The van der Waals surface area contributed by atoms with Crippen LogP contribution in [0.2, 0.25) is 0 Å². The third kappa shape index (κ3) is 13.3. The normalized spacial score (nSPS) is 11.0. The molecule has 2 heteroatoms. The van der Waals surface area contributed by atoms with Crippen LogP contribution in [0, 0.1) is 0 Å². The van der Waals surface area contributed by atoms with Crippen molar-refractivity contribution in [3.8, 4) is 0 Å². The van der Waals surface area contributed by atoms with E-state index in [4.69, 9.17) is 4.74 Å². The maximum absolute atomic E-state index is 11.3. The van der Waals surface area contributed by atoms with Gasteiger partial charge in [-0.2, -0.15) is 0 Å². The minimum atomic E-state index is -0.0171. The summed E-state index contributed by atoms with van der Waals surface area (Å²) in [5, 5.41) is 0. The van der Waals surface area contributed by atoms with Gasteiger partial charge in [0.1, 0.15) is 0 Å². The molecule has 0 unspecified atom stereocenters. The minimum Gasteiger partial charge on any atom is -0.466 e. The molecule has 18 heavy (non-hydrogen) atoms. The molecule has 0 aliphatic carbocycles. The Morgan fingerprint density at radius 3 is 2.33 bits per heavy atom. The quantitative estimate of drug-likeness (QED) is 0.277. The lowest BCUT2D eigenvalue weighted by molar-refractivity contribution is -0.143. The van der Waals surface area contributed by atoms with E-state index >= 15 is 0 Å². The van der Waals surface area contributed by atoms with Crippen LogP contribution in [-0.2, 0) is 9.53 Å². The summed E-state index contributed by atoms with van der Waals surface area (Å²) in [5.74, 6) is -0.0171. The zero-order valence-corrected chi connectivity index (χ0v) is 12.2. The van der Waals surface area contributed by atoms with E-state index in [0.29, 0.717) is 13.0 Å². The number of carbonyl (C=O) groups is 1. The summed E-state index contributed by atoms with van der Waals surface area (Å²) in [7, 11) is 0. The van der Waals surface area contributed by atoms with Gasteiger partial charge in [0.05, 0.1) is 6.61 Å². The Kier molecular flexibility index (Phi) is 13.6. The van der Waals surface area contributed by atoms with E-state index in [0.717, 1.165) is 25.7 Å². The first kappa shape index (κ1) is 17.2. The minimum absolute atomic E-state index is 0.0171. The van der Waals surface area contributed by atoms with E-state index < -0.39 is 0 Å². The van der Waals surface area contributed by atoms with E-state index in [1.165, 1.54) is 32.1 Å². The summed E-state index contributed by atoms with van der Waals surface area (Å²) in [4.78, 5) is 11.3. The first-order valence-corrected chi connectivity index (χ1v) is 7.58. The number of rotatable bonds is 12. The standard InChI is InChI=1S/C16H30O2/c1-3-5-7-8-9-10-11-12-13-14-16(17)18-15-6-4-2/h3,5H,4,6-15H2,1-2H3. The van der Waals surface area contributed by atoms with Gasteiger partial charge in [-0.15, -0.1) is 0 Å². The molecule has 0 bridgehead atoms. The highest BCUT2D eigenvalue weighted by atomic mass is 16.5. The predicted molar refractivity (Wildman–Crippen MR) is 77.6 cm³/mol. The lowest BCUT2D eigenvalue weighted by Gasteiger charge is -2.03.